The van der Waals surface area contributed by atoms with Crippen molar-refractivity contribution in [3.05, 3.63) is 71.8 Å². The summed E-state index contributed by atoms with van der Waals surface area (Å²) in [7, 11) is -3.68. The first kappa shape index (κ1) is 20.3. The van der Waals surface area contributed by atoms with E-state index in [4.69, 9.17) is 4.18 Å². The van der Waals surface area contributed by atoms with Gasteiger partial charge in [0.25, 0.3) is 10.1 Å². The lowest BCUT2D eigenvalue weighted by molar-refractivity contribution is 0.357. The van der Waals surface area contributed by atoms with Crippen molar-refractivity contribution < 1.29 is 12.6 Å². The molecule has 5 nitrogen and oxygen atoms in total. The molecular weight excluding hydrogens is 348 g/mol. The van der Waals surface area contributed by atoms with E-state index < -0.39 is 10.1 Å². The molecule has 1 heterocycles. The van der Waals surface area contributed by atoms with E-state index in [1.807, 2.05) is 43.3 Å². The third-order valence-electron chi connectivity index (χ3n) is 3.70. The maximum atomic E-state index is 11.9. The fourth-order valence-electron chi connectivity index (χ4n) is 2.25. The molecule has 2 N–H and O–H groups in total. The first-order chi connectivity index (χ1) is 12.6. The van der Waals surface area contributed by atoms with Gasteiger partial charge >= 0.3 is 0 Å². The lowest BCUT2D eigenvalue weighted by Crippen LogP contribution is -2.39. The lowest BCUT2D eigenvalue weighted by Gasteiger charge is -2.11. The second-order valence-corrected chi connectivity index (χ2v) is 7.48. The predicted octanol–water partition coefficient (Wildman–Crippen LogP) is 2.59. The number of aryl methyl sites for hydroxylation is 1. The van der Waals surface area contributed by atoms with Crippen LogP contribution in [0.15, 0.2) is 65.6 Å². The molecule has 0 saturated carbocycles. The molecule has 0 aromatic heterocycles. The molecule has 2 aromatic carbocycles. The largest absolute Gasteiger partial charge is 0.314 e. The summed E-state index contributed by atoms with van der Waals surface area (Å²) >= 11 is 0. The van der Waals surface area contributed by atoms with Gasteiger partial charge in [0.2, 0.25) is 0 Å². The number of rotatable bonds is 5. The molecule has 0 unspecified atom stereocenters. The zero-order chi connectivity index (χ0) is 18.7. The lowest BCUT2D eigenvalue weighted by atomic mass is 10.2. The molecule has 0 radical (unpaired) electrons. The Bertz CT molecular complexity index is 757. The summed E-state index contributed by atoms with van der Waals surface area (Å²) in [6, 6.07) is 16.2. The van der Waals surface area contributed by atoms with Crippen LogP contribution >= 0.6 is 0 Å². The Labute approximate surface area is 156 Å². The van der Waals surface area contributed by atoms with Gasteiger partial charge in [0.1, 0.15) is 0 Å². The third-order valence-corrected chi connectivity index (χ3v) is 4.99. The summed E-state index contributed by atoms with van der Waals surface area (Å²) in [5.41, 5.74) is 2.01. The molecule has 1 saturated heterocycles. The third kappa shape index (κ3) is 7.49. The molecule has 0 atom stereocenters. The second kappa shape index (κ2) is 10.9. The zero-order valence-electron chi connectivity index (χ0n) is 15.0. The van der Waals surface area contributed by atoms with Crippen molar-refractivity contribution in [1.82, 2.24) is 10.6 Å². The van der Waals surface area contributed by atoms with E-state index in [2.05, 4.69) is 10.6 Å². The van der Waals surface area contributed by atoms with E-state index in [0.29, 0.717) is 0 Å². The maximum Gasteiger partial charge on any atom is 0.297 e. The van der Waals surface area contributed by atoms with Crippen LogP contribution in [0, 0.1) is 6.92 Å². The van der Waals surface area contributed by atoms with Crippen LogP contribution in [-0.4, -0.2) is 41.2 Å². The quantitative estimate of drug-likeness (QED) is 0.788. The van der Waals surface area contributed by atoms with Gasteiger partial charge in [0, 0.05) is 26.2 Å². The summed E-state index contributed by atoms with van der Waals surface area (Å²) in [4.78, 5) is 0.177. The number of hydrogen-bond acceptors (Lipinski definition) is 5. The maximum absolute atomic E-state index is 11.9. The number of piperazine rings is 1. The summed E-state index contributed by atoms with van der Waals surface area (Å²) in [5, 5.41) is 6.44. The molecule has 1 fully saturated rings. The van der Waals surface area contributed by atoms with E-state index in [1.54, 1.807) is 30.3 Å². The normalized spacial score (nSPS) is 14.7. The minimum absolute atomic E-state index is 0.0190. The minimum Gasteiger partial charge on any atom is -0.314 e. The van der Waals surface area contributed by atoms with Crippen molar-refractivity contribution in [1.29, 1.82) is 0 Å². The zero-order valence-corrected chi connectivity index (χ0v) is 15.8. The second-order valence-electron chi connectivity index (χ2n) is 5.86. The smallest absolute Gasteiger partial charge is 0.297 e. The molecule has 0 aliphatic carbocycles. The summed E-state index contributed by atoms with van der Waals surface area (Å²) in [5.74, 6) is 0. The minimum atomic E-state index is -3.68. The summed E-state index contributed by atoms with van der Waals surface area (Å²) < 4.78 is 28.8. The van der Waals surface area contributed by atoms with Crippen LogP contribution in [0.5, 0.6) is 0 Å². The standard InChI is InChI=1S/C16H16O3S.C4H10N2/c1-14-9-11-16(12-10-14)20(17,18)19-13-5-8-15-6-3-2-4-7-15;1-2-6-4-3-5-1/h2-12H,13H2,1H3;5-6H,1-4H2/b8-5+;. The Kier molecular flexibility index (Phi) is 8.50. The molecule has 140 valence electrons. The highest BCUT2D eigenvalue weighted by molar-refractivity contribution is 7.86. The highest BCUT2D eigenvalue weighted by Gasteiger charge is 2.13. The average molecular weight is 375 g/mol. The molecule has 0 spiro atoms. The number of hydrogen-bond donors (Lipinski definition) is 2. The molecule has 0 amide bonds. The van der Waals surface area contributed by atoms with Crippen LogP contribution in [0.25, 0.3) is 6.08 Å². The summed E-state index contributed by atoms with van der Waals surface area (Å²) in [6.07, 6.45) is 3.51. The first-order valence-electron chi connectivity index (χ1n) is 8.67. The predicted molar refractivity (Wildman–Crippen MR) is 106 cm³/mol. The van der Waals surface area contributed by atoms with E-state index in [1.165, 1.54) is 0 Å². The molecule has 0 bridgehead atoms. The van der Waals surface area contributed by atoms with Gasteiger partial charge in [-0.3, -0.25) is 4.18 Å². The number of nitrogens with one attached hydrogen (secondary N) is 2. The van der Waals surface area contributed by atoms with Crippen LogP contribution in [0.2, 0.25) is 0 Å². The van der Waals surface area contributed by atoms with Gasteiger partial charge in [-0.25, -0.2) is 0 Å². The van der Waals surface area contributed by atoms with Crippen molar-refractivity contribution in [2.24, 2.45) is 0 Å². The molecule has 1 aliphatic rings. The van der Waals surface area contributed by atoms with Crippen LogP contribution in [0.1, 0.15) is 11.1 Å². The Morgan fingerprint density at radius 1 is 0.923 bits per heavy atom. The molecule has 3 rings (SSSR count). The van der Waals surface area contributed by atoms with Crippen LogP contribution in [0.4, 0.5) is 0 Å². The van der Waals surface area contributed by atoms with Crippen LogP contribution < -0.4 is 10.6 Å². The Morgan fingerprint density at radius 3 is 2.04 bits per heavy atom. The molecule has 6 heteroatoms. The van der Waals surface area contributed by atoms with E-state index in [-0.39, 0.29) is 11.5 Å². The summed E-state index contributed by atoms with van der Waals surface area (Å²) in [6.45, 7) is 6.48. The monoisotopic (exact) mass is 374 g/mol. The van der Waals surface area contributed by atoms with Gasteiger partial charge in [0.15, 0.2) is 0 Å². The highest BCUT2D eigenvalue weighted by Crippen LogP contribution is 2.13. The van der Waals surface area contributed by atoms with Gasteiger partial charge in [-0.2, -0.15) is 8.42 Å². The Balaban J connectivity index is 0.000000342. The highest BCUT2D eigenvalue weighted by atomic mass is 32.2. The van der Waals surface area contributed by atoms with E-state index in [0.717, 1.165) is 37.3 Å². The molecule has 1 aliphatic heterocycles. The van der Waals surface area contributed by atoms with Gasteiger partial charge in [-0.05, 0) is 24.6 Å². The Morgan fingerprint density at radius 2 is 1.50 bits per heavy atom. The van der Waals surface area contributed by atoms with Gasteiger partial charge < -0.3 is 10.6 Å². The fourth-order valence-corrected chi connectivity index (χ4v) is 3.12. The van der Waals surface area contributed by atoms with Crippen LogP contribution in [0.3, 0.4) is 0 Å². The molecule has 2 aromatic rings. The van der Waals surface area contributed by atoms with Gasteiger partial charge in [-0.1, -0.05) is 60.2 Å². The molecular formula is C20H26N2O3S. The van der Waals surface area contributed by atoms with Gasteiger partial charge in [0.05, 0.1) is 11.5 Å². The molecule has 26 heavy (non-hydrogen) atoms. The van der Waals surface area contributed by atoms with Crippen molar-refractivity contribution in [3.63, 3.8) is 0 Å². The van der Waals surface area contributed by atoms with Crippen molar-refractivity contribution in [2.75, 3.05) is 32.8 Å². The van der Waals surface area contributed by atoms with E-state index in [9.17, 15) is 8.42 Å². The van der Waals surface area contributed by atoms with Crippen LogP contribution in [-0.2, 0) is 14.3 Å². The van der Waals surface area contributed by atoms with Gasteiger partial charge in [-0.15, -0.1) is 0 Å². The van der Waals surface area contributed by atoms with Crippen molar-refractivity contribution >= 4 is 16.2 Å². The SMILES string of the molecule is C1CNCCN1.Cc1ccc(S(=O)(=O)OC/C=C/c2ccccc2)cc1. The first-order valence-corrected chi connectivity index (χ1v) is 10.1. The fraction of sp³-hybridized carbons (Fsp3) is 0.300. The topological polar surface area (TPSA) is 67.4 Å². The average Bonchev–Trinajstić information content (AvgIpc) is 2.68. The van der Waals surface area contributed by atoms with Crippen molar-refractivity contribution in [2.45, 2.75) is 11.8 Å². The number of benzene rings is 2. The Hall–Kier alpha value is -1.99. The van der Waals surface area contributed by atoms with E-state index >= 15 is 0 Å². The van der Waals surface area contributed by atoms with Crippen molar-refractivity contribution in [3.8, 4) is 0 Å².